The van der Waals surface area contributed by atoms with Gasteiger partial charge in [0.1, 0.15) is 5.69 Å². The minimum atomic E-state index is -0.938. The first-order valence-electron chi connectivity index (χ1n) is 4.54. The molecule has 1 aromatic heterocycles. The van der Waals surface area contributed by atoms with Gasteiger partial charge < -0.3 is 15.4 Å². The summed E-state index contributed by atoms with van der Waals surface area (Å²) < 4.78 is 0. The Morgan fingerprint density at radius 3 is 2.67 bits per heavy atom. The number of carboxylic acids is 1. The normalized spacial score (nSPS) is 14.3. The molecule has 0 aromatic carbocycles. The second-order valence-electron chi connectivity index (χ2n) is 3.35. The van der Waals surface area contributed by atoms with Crippen LogP contribution in [0.25, 0.3) is 0 Å². The third kappa shape index (κ3) is 2.80. The lowest BCUT2D eigenvalue weighted by atomic mass is 10.0. The standard InChI is InChI=1S/C9H13N3O3/c1-5(9(14)15)6(2)12-8(13)7-3-10-4-11-7/h3-6H,1-2H3,(H,10,11)(H,12,13)(H,14,15). The molecule has 1 rings (SSSR count). The Hall–Kier alpha value is -1.85. The van der Waals surface area contributed by atoms with Crippen molar-refractivity contribution in [3.63, 3.8) is 0 Å². The van der Waals surface area contributed by atoms with E-state index in [1.54, 1.807) is 13.8 Å². The first-order valence-corrected chi connectivity index (χ1v) is 4.54. The van der Waals surface area contributed by atoms with Crippen LogP contribution in [-0.4, -0.2) is 33.0 Å². The summed E-state index contributed by atoms with van der Waals surface area (Å²) in [6.45, 7) is 3.19. The molecule has 0 saturated heterocycles. The summed E-state index contributed by atoms with van der Waals surface area (Å²) in [7, 11) is 0. The van der Waals surface area contributed by atoms with Gasteiger partial charge >= 0.3 is 5.97 Å². The maximum absolute atomic E-state index is 11.5. The van der Waals surface area contributed by atoms with Gasteiger partial charge in [0.25, 0.3) is 5.91 Å². The van der Waals surface area contributed by atoms with Gasteiger partial charge in [-0.15, -0.1) is 0 Å². The van der Waals surface area contributed by atoms with Crippen LogP contribution in [0, 0.1) is 5.92 Å². The zero-order valence-electron chi connectivity index (χ0n) is 8.52. The summed E-state index contributed by atoms with van der Waals surface area (Å²) >= 11 is 0. The zero-order chi connectivity index (χ0) is 11.4. The molecule has 1 aromatic rings. The van der Waals surface area contributed by atoms with Gasteiger partial charge in [-0.05, 0) is 13.8 Å². The van der Waals surface area contributed by atoms with Crippen LogP contribution >= 0.6 is 0 Å². The Balaban J connectivity index is 2.56. The van der Waals surface area contributed by atoms with Crippen molar-refractivity contribution in [2.45, 2.75) is 19.9 Å². The van der Waals surface area contributed by atoms with Crippen LogP contribution in [0.15, 0.2) is 12.5 Å². The molecule has 0 bridgehead atoms. The van der Waals surface area contributed by atoms with Gasteiger partial charge in [0, 0.05) is 6.04 Å². The number of aliphatic carboxylic acids is 1. The molecule has 0 aliphatic heterocycles. The topological polar surface area (TPSA) is 95.1 Å². The van der Waals surface area contributed by atoms with Gasteiger partial charge in [-0.1, -0.05) is 0 Å². The fourth-order valence-electron chi connectivity index (χ4n) is 1.00. The molecule has 1 amide bonds. The maximum atomic E-state index is 11.5. The Labute approximate surface area is 86.7 Å². The molecule has 0 fully saturated rings. The van der Waals surface area contributed by atoms with E-state index in [0.29, 0.717) is 5.69 Å². The Kier molecular flexibility index (Phi) is 3.43. The van der Waals surface area contributed by atoms with E-state index in [1.165, 1.54) is 12.5 Å². The van der Waals surface area contributed by atoms with Crippen LogP contribution < -0.4 is 5.32 Å². The fourth-order valence-corrected chi connectivity index (χ4v) is 1.00. The molecule has 1 heterocycles. The maximum Gasteiger partial charge on any atom is 0.308 e. The summed E-state index contributed by atoms with van der Waals surface area (Å²) in [5.74, 6) is -1.92. The molecule has 0 radical (unpaired) electrons. The number of nitrogens with zero attached hydrogens (tertiary/aromatic N) is 1. The quantitative estimate of drug-likeness (QED) is 0.665. The highest BCUT2D eigenvalue weighted by atomic mass is 16.4. The van der Waals surface area contributed by atoms with Gasteiger partial charge in [0.15, 0.2) is 0 Å². The predicted octanol–water partition coefficient (Wildman–Crippen LogP) is 0.249. The van der Waals surface area contributed by atoms with Crippen molar-refractivity contribution in [2.75, 3.05) is 0 Å². The summed E-state index contributed by atoms with van der Waals surface area (Å²) in [6, 6.07) is -0.432. The first kappa shape index (κ1) is 11.2. The minimum absolute atomic E-state index is 0.319. The summed E-state index contributed by atoms with van der Waals surface area (Å²) in [4.78, 5) is 28.4. The highest BCUT2D eigenvalue weighted by molar-refractivity contribution is 5.92. The van der Waals surface area contributed by atoms with E-state index in [0.717, 1.165) is 0 Å². The number of carboxylic acid groups (broad SMARTS) is 1. The number of aromatic amines is 1. The van der Waals surface area contributed by atoms with Gasteiger partial charge in [-0.25, -0.2) is 4.98 Å². The molecule has 2 atom stereocenters. The van der Waals surface area contributed by atoms with E-state index >= 15 is 0 Å². The molecule has 6 nitrogen and oxygen atoms in total. The molecule has 82 valence electrons. The van der Waals surface area contributed by atoms with E-state index in [-0.39, 0.29) is 5.91 Å². The highest BCUT2D eigenvalue weighted by Crippen LogP contribution is 2.03. The Morgan fingerprint density at radius 1 is 1.53 bits per heavy atom. The lowest BCUT2D eigenvalue weighted by Crippen LogP contribution is -2.40. The monoisotopic (exact) mass is 211 g/mol. The Bertz CT molecular complexity index is 347. The number of H-pyrrole nitrogens is 1. The van der Waals surface area contributed by atoms with E-state index < -0.39 is 17.9 Å². The number of hydrogen-bond donors (Lipinski definition) is 3. The third-order valence-electron chi connectivity index (χ3n) is 2.24. The molecule has 0 aliphatic rings. The first-order chi connectivity index (χ1) is 7.02. The number of imidazole rings is 1. The summed E-state index contributed by atoms with van der Waals surface area (Å²) in [6.07, 6.45) is 2.77. The van der Waals surface area contributed by atoms with Crippen molar-refractivity contribution in [3.8, 4) is 0 Å². The van der Waals surface area contributed by atoms with Crippen LogP contribution in [0.2, 0.25) is 0 Å². The largest absolute Gasteiger partial charge is 0.481 e. The van der Waals surface area contributed by atoms with Crippen LogP contribution in [-0.2, 0) is 4.79 Å². The SMILES string of the molecule is CC(NC(=O)c1cnc[nH]1)C(C)C(=O)O. The van der Waals surface area contributed by atoms with Crippen LogP contribution in [0.4, 0.5) is 0 Å². The van der Waals surface area contributed by atoms with E-state index in [9.17, 15) is 9.59 Å². The second kappa shape index (κ2) is 4.59. The molecule has 0 aliphatic carbocycles. The van der Waals surface area contributed by atoms with Gasteiger partial charge in [-0.3, -0.25) is 9.59 Å². The fraction of sp³-hybridized carbons (Fsp3) is 0.444. The molecule has 3 N–H and O–H groups in total. The number of aromatic nitrogens is 2. The van der Waals surface area contributed by atoms with Crippen molar-refractivity contribution in [2.24, 2.45) is 5.92 Å². The number of nitrogens with one attached hydrogen (secondary N) is 2. The summed E-state index contributed by atoms with van der Waals surface area (Å²) in [5.41, 5.74) is 0.319. The number of carbonyl (C=O) groups excluding carboxylic acids is 1. The van der Waals surface area contributed by atoms with Gasteiger partial charge in [0.2, 0.25) is 0 Å². The van der Waals surface area contributed by atoms with E-state index in [2.05, 4.69) is 15.3 Å². The molecule has 2 unspecified atom stereocenters. The number of hydrogen-bond acceptors (Lipinski definition) is 3. The lowest BCUT2D eigenvalue weighted by Gasteiger charge is -2.16. The molecule has 6 heteroatoms. The van der Waals surface area contributed by atoms with Crippen molar-refractivity contribution < 1.29 is 14.7 Å². The van der Waals surface area contributed by atoms with Gasteiger partial charge in [0.05, 0.1) is 18.4 Å². The van der Waals surface area contributed by atoms with Crippen LogP contribution in [0.1, 0.15) is 24.3 Å². The van der Waals surface area contributed by atoms with Crippen molar-refractivity contribution in [1.82, 2.24) is 15.3 Å². The van der Waals surface area contributed by atoms with Crippen LogP contribution in [0.5, 0.6) is 0 Å². The molecule has 0 spiro atoms. The zero-order valence-corrected chi connectivity index (χ0v) is 8.52. The molecule has 0 saturated carbocycles. The smallest absolute Gasteiger partial charge is 0.308 e. The number of amides is 1. The number of rotatable bonds is 4. The van der Waals surface area contributed by atoms with Gasteiger partial charge in [-0.2, -0.15) is 0 Å². The highest BCUT2D eigenvalue weighted by Gasteiger charge is 2.21. The van der Waals surface area contributed by atoms with Crippen LogP contribution in [0.3, 0.4) is 0 Å². The average Bonchev–Trinajstić information content (AvgIpc) is 2.68. The molecular formula is C9H13N3O3. The van der Waals surface area contributed by atoms with E-state index in [1.807, 2.05) is 0 Å². The predicted molar refractivity (Wildman–Crippen MR) is 52.3 cm³/mol. The molecule has 15 heavy (non-hydrogen) atoms. The van der Waals surface area contributed by atoms with Crippen molar-refractivity contribution in [3.05, 3.63) is 18.2 Å². The van der Waals surface area contributed by atoms with Crippen molar-refractivity contribution in [1.29, 1.82) is 0 Å². The number of carbonyl (C=O) groups is 2. The van der Waals surface area contributed by atoms with Crippen molar-refractivity contribution >= 4 is 11.9 Å². The Morgan fingerprint density at radius 2 is 2.20 bits per heavy atom. The molecular weight excluding hydrogens is 198 g/mol. The third-order valence-corrected chi connectivity index (χ3v) is 2.24. The average molecular weight is 211 g/mol. The summed E-state index contributed by atoms with van der Waals surface area (Å²) in [5, 5.41) is 11.3. The minimum Gasteiger partial charge on any atom is -0.481 e. The van der Waals surface area contributed by atoms with E-state index in [4.69, 9.17) is 5.11 Å². The lowest BCUT2D eigenvalue weighted by molar-refractivity contribution is -0.141. The second-order valence-corrected chi connectivity index (χ2v) is 3.35.